The number of rotatable bonds is 3. The molecule has 1 N–H and O–H groups in total. The van der Waals surface area contributed by atoms with E-state index in [9.17, 15) is 8.42 Å². The Morgan fingerprint density at radius 3 is 2.40 bits per heavy atom. The summed E-state index contributed by atoms with van der Waals surface area (Å²) in [6.45, 7) is 7.55. The maximum absolute atomic E-state index is 12.8. The molecule has 0 aromatic rings. The summed E-state index contributed by atoms with van der Waals surface area (Å²) in [6.07, 6.45) is 4.05. The standard InChI is InChI=1S/C14H29N3O2S/c1-12-9-13(2)11-17(10-12)20(18,19)16(3)14-5-4-7-15-8-6-14/h12-15H,4-11H2,1-3H3. The summed E-state index contributed by atoms with van der Waals surface area (Å²) in [7, 11) is -1.55. The highest BCUT2D eigenvalue weighted by Crippen LogP contribution is 2.26. The first-order valence-electron chi connectivity index (χ1n) is 7.85. The van der Waals surface area contributed by atoms with E-state index in [2.05, 4.69) is 19.2 Å². The third-order valence-electron chi connectivity index (χ3n) is 4.59. The van der Waals surface area contributed by atoms with E-state index in [-0.39, 0.29) is 6.04 Å². The Morgan fingerprint density at radius 1 is 1.10 bits per heavy atom. The van der Waals surface area contributed by atoms with E-state index in [1.165, 1.54) is 0 Å². The van der Waals surface area contributed by atoms with E-state index in [1.54, 1.807) is 15.7 Å². The smallest absolute Gasteiger partial charge is 0.281 e. The highest BCUT2D eigenvalue weighted by molar-refractivity contribution is 7.86. The summed E-state index contributed by atoms with van der Waals surface area (Å²) in [5, 5.41) is 3.34. The third-order valence-corrected chi connectivity index (χ3v) is 6.56. The van der Waals surface area contributed by atoms with Crippen molar-refractivity contribution in [2.45, 2.75) is 45.6 Å². The number of nitrogens with one attached hydrogen (secondary N) is 1. The zero-order valence-electron chi connectivity index (χ0n) is 13.0. The summed E-state index contributed by atoms with van der Waals surface area (Å²) in [5.74, 6) is 0.912. The Kier molecular flexibility index (Phi) is 5.45. The van der Waals surface area contributed by atoms with E-state index < -0.39 is 10.2 Å². The van der Waals surface area contributed by atoms with E-state index >= 15 is 0 Å². The molecule has 0 spiro atoms. The number of hydrogen-bond donors (Lipinski definition) is 1. The fourth-order valence-electron chi connectivity index (χ4n) is 3.53. The van der Waals surface area contributed by atoms with Crippen molar-refractivity contribution in [3.05, 3.63) is 0 Å². The summed E-state index contributed by atoms with van der Waals surface area (Å²) in [4.78, 5) is 0. The lowest BCUT2D eigenvalue weighted by Crippen LogP contribution is -2.51. The van der Waals surface area contributed by atoms with Gasteiger partial charge in [-0.1, -0.05) is 13.8 Å². The molecule has 2 heterocycles. The lowest BCUT2D eigenvalue weighted by Gasteiger charge is -2.38. The second-order valence-electron chi connectivity index (χ2n) is 6.62. The van der Waals surface area contributed by atoms with Gasteiger partial charge in [0.2, 0.25) is 0 Å². The second kappa shape index (κ2) is 6.73. The topological polar surface area (TPSA) is 52.7 Å². The van der Waals surface area contributed by atoms with Gasteiger partial charge >= 0.3 is 0 Å². The van der Waals surface area contributed by atoms with Gasteiger partial charge < -0.3 is 5.32 Å². The van der Waals surface area contributed by atoms with Crippen molar-refractivity contribution in [3.8, 4) is 0 Å². The molecule has 20 heavy (non-hydrogen) atoms. The molecule has 2 aliphatic heterocycles. The Bertz CT molecular complexity index is 395. The van der Waals surface area contributed by atoms with Crippen molar-refractivity contribution in [3.63, 3.8) is 0 Å². The fourth-order valence-corrected chi connectivity index (χ4v) is 5.37. The number of nitrogens with zero attached hydrogens (tertiary/aromatic N) is 2. The molecular weight excluding hydrogens is 274 g/mol. The van der Waals surface area contributed by atoms with Gasteiger partial charge in [-0.25, -0.2) is 0 Å². The Balaban J connectivity index is 2.07. The normalized spacial score (nSPS) is 34.1. The van der Waals surface area contributed by atoms with Crippen molar-refractivity contribution in [2.24, 2.45) is 11.8 Å². The van der Waals surface area contributed by atoms with Crippen LogP contribution >= 0.6 is 0 Å². The quantitative estimate of drug-likeness (QED) is 0.854. The number of piperidine rings is 1. The molecule has 0 aromatic carbocycles. The van der Waals surface area contributed by atoms with E-state index in [0.29, 0.717) is 24.9 Å². The van der Waals surface area contributed by atoms with Gasteiger partial charge in [0, 0.05) is 26.2 Å². The first-order chi connectivity index (χ1) is 9.41. The maximum atomic E-state index is 12.8. The van der Waals surface area contributed by atoms with Crippen LogP contribution in [-0.4, -0.2) is 56.3 Å². The van der Waals surface area contributed by atoms with Crippen LogP contribution in [0.15, 0.2) is 0 Å². The van der Waals surface area contributed by atoms with Crippen LogP contribution in [0.2, 0.25) is 0 Å². The molecule has 0 radical (unpaired) electrons. The lowest BCUT2D eigenvalue weighted by molar-refractivity contribution is 0.203. The van der Waals surface area contributed by atoms with Crippen LogP contribution in [-0.2, 0) is 10.2 Å². The Labute approximate surface area is 123 Å². The summed E-state index contributed by atoms with van der Waals surface area (Å²) >= 11 is 0. The highest BCUT2D eigenvalue weighted by Gasteiger charge is 2.36. The van der Waals surface area contributed by atoms with Crippen LogP contribution < -0.4 is 5.32 Å². The predicted molar refractivity (Wildman–Crippen MR) is 81.7 cm³/mol. The van der Waals surface area contributed by atoms with Gasteiger partial charge in [-0.2, -0.15) is 17.0 Å². The van der Waals surface area contributed by atoms with Crippen LogP contribution in [0.5, 0.6) is 0 Å². The summed E-state index contributed by atoms with van der Waals surface area (Å²) in [5.41, 5.74) is 0. The van der Waals surface area contributed by atoms with E-state index in [0.717, 1.165) is 38.8 Å². The predicted octanol–water partition coefficient (Wildman–Crippen LogP) is 1.28. The molecular formula is C14H29N3O2S. The fraction of sp³-hybridized carbons (Fsp3) is 1.00. The Morgan fingerprint density at radius 2 is 1.75 bits per heavy atom. The molecule has 0 amide bonds. The van der Waals surface area contributed by atoms with Crippen LogP contribution in [0.3, 0.4) is 0 Å². The van der Waals surface area contributed by atoms with Gasteiger partial charge in [0.15, 0.2) is 0 Å². The largest absolute Gasteiger partial charge is 0.317 e. The zero-order chi connectivity index (χ0) is 14.8. The molecule has 6 heteroatoms. The zero-order valence-corrected chi connectivity index (χ0v) is 13.8. The van der Waals surface area contributed by atoms with Crippen LogP contribution in [0.1, 0.15) is 39.5 Å². The molecule has 3 unspecified atom stereocenters. The van der Waals surface area contributed by atoms with Gasteiger partial charge in [-0.3, -0.25) is 0 Å². The van der Waals surface area contributed by atoms with E-state index in [1.807, 2.05) is 0 Å². The Hall–Kier alpha value is -0.170. The molecule has 0 saturated carbocycles. The summed E-state index contributed by atoms with van der Waals surface area (Å²) < 4.78 is 29.0. The average molecular weight is 303 g/mol. The van der Waals surface area contributed by atoms with Crippen molar-refractivity contribution in [1.82, 2.24) is 13.9 Å². The third kappa shape index (κ3) is 3.72. The first kappa shape index (κ1) is 16.2. The monoisotopic (exact) mass is 303 g/mol. The van der Waals surface area contributed by atoms with Gasteiger partial charge in [0.1, 0.15) is 0 Å². The van der Waals surface area contributed by atoms with Gasteiger partial charge in [-0.05, 0) is 50.6 Å². The molecule has 0 bridgehead atoms. The minimum Gasteiger partial charge on any atom is -0.317 e. The van der Waals surface area contributed by atoms with Crippen molar-refractivity contribution < 1.29 is 8.42 Å². The molecule has 0 aliphatic carbocycles. The highest BCUT2D eigenvalue weighted by atomic mass is 32.2. The average Bonchev–Trinajstić information content (AvgIpc) is 2.65. The molecule has 2 rings (SSSR count). The van der Waals surface area contributed by atoms with Crippen LogP contribution in [0.25, 0.3) is 0 Å². The molecule has 2 aliphatic rings. The number of hydrogen-bond acceptors (Lipinski definition) is 3. The van der Waals surface area contributed by atoms with Crippen molar-refractivity contribution in [1.29, 1.82) is 0 Å². The molecule has 3 atom stereocenters. The van der Waals surface area contributed by atoms with E-state index in [4.69, 9.17) is 0 Å². The lowest BCUT2D eigenvalue weighted by atomic mass is 9.94. The minimum absolute atomic E-state index is 0.141. The summed E-state index contributed by atoms with van der Waals surface area (Å²) in [6, 6.07) is 0.141. The van der Waals surface area contributed by atoms with Crippen molar-refractivity contribution >= 4 is 10.2 Å². The first-order valence-corrected chi connectivity index (χ1v) is 9.24. The molecule has 2 saturated heterocycles. The van der Waals surface area contributed by atoms with Crippen molar-refractivity contribution in [2.75, 3.05) is 33.2 Å². The molecule has 118 valence electrons. The minimum atomic E-state index is -3.30. The van der Waals surface area contributed by atoms with Crippen LogP contribution in [0.4, 0.5) is 0 Å². The molecule has 0 aromatic heterocycles. The molecule has 5 nitrogen and oxygen atoms in total. The second-order valence-corrected chi connectivity index (χ2v) is 8.61. The van der Waals surface area contributed by atoms with Gasteiger partial charge in [-0.15, -0.1) is 0 Å². The maximum Gasteiger partial charge on any atom is 0.281 e. The van der Waals surface area contributed by atoms with Gasteiger partial charge in [0.05, 0.1) is 0 Å². The molecule has 2 fully saturated rings. The van der Waals surface area contributed by atoms with Gasteiger partial charge in [0.25, 0.3) is 10.2 Å². The SMILES string of the molecule is CC1CC(C)CN(S(=O)(=O)N(C)C2CCCNCC2)C1. The van der Waals surface area contributed by atoms with Crippen LogP contribution in [0, 0.1) is 11.8 Å².